The maximum Gasteiger partial charge on any atom is 0.0700 e. The van der Waals surface area contributed by atoms with Gasteiger partial charge in [0.1, 0.15) is 0 Å². The van der Waals surface area contributed by atoms with Crippen LogP contribution in [0.15, 0.2) is 0 Å². The van der Waals surface area contributed by atoms with E-state index in [1.807, 2.05) is 13.8 Å². The average molecular weight is 326 g/mol. The third-order valence-corrected chi connectivity index (χ3v) is 3.02. The molecule has 0 aliphatic carbocycles. The third-order valence-electron chi connectivity index (χ3n) is 3.02. The van der Waals surface area contributed by atoms with Gasteiger partial charge in [-0.05, 0) is 0 Å². The van der Waals surface area contributed by atoms with Crippen molar-refractivity contribution in [3.05, 3.63) is 0 Å². The molecule has 22 heavy (non-hydrogen) atoms. The van der Waals surface area contributed by atoms with Gasteiger partial charge in [0.15, 0.2) is 0 Å². The molecule has 0 fully saturated rings. The number of aliphatic hydroxyl groups is 2. The van der Waals surface area contributed by atoms with Gasteiger partial charge >= 0.3 is 0 Å². The highest BCUT2D eigenvalue weighted by molar-refractivity contribution is 4.73. The number of hydrogen-bond donors (Lipinski definition) is 2. The van der Waals surface area contributed by atoms with Crippen molar-refractivity contribution in [2.24, 2.45) is 10.8 Å². The van der Waals surface area contributed by atoms with Gasteiger partial charge in [-0.1, -0.05) is 28.7 Å². The van der Waals surface area contributed by atoms with Crippen LogP contribution in [0.5, 0.6) is 0 Å². The SMILES string of the molecule is C.C.COCC(C)(CO)COCCOCC(C)(CO)COC. The second kappa shape index (κ2) is 14.4. The predicted molar refractivity (Wildman–Crippen MR) is 89.2 cm³/mol. The quantitative estimate of drug-likeness (QED) is 0.500. The van der Waals surface area contributed by atoms with Crippen LogP contribution in [0, 0.1) is 10.8 Å². The van der Waals surface area contributed by atoms with Gasteiger partial charge in [-0.15, -0.1) is 0 Å². The van der Waals surface area contributed by atoms with Gasteiger partial charge in [-0.25, -0.2) is 0 Å². The summed E-state index contributed by atoms with van der Waals surface area (Å²) < 4.78 is 21.1. The van der Waals surface area contributed by atoms with Gasteiger partial charge in [0, 0.05) is 25.0 Å². The molecule has 0 saturated carbocycles. The molecular formula is C16H38O6. The molecule has 6 heteroatoms. The molecule has 6 nitrogen and oxygen atoms in total. The summed E-state index contributed by atoms with van der Waals surface area (Å²) in [5, 5.41) is 18.6. The standard InChI is InChI=1S/C14H30O6.2CH4/c1-13(7-15,9-17-3)11-19-5-6-20-12-14(2,8-16)10-18-4;;/h15-16H,5-12H2,1-4H3;2*1H4. The molecular weight excluding hydrogens is 288 g/mol. The van der Waals surface area contributed by atoms with Gasteiger partial charge in [0.2, 0.25) is 0 Å². The number of ether oxygens (including phenoxy) is 4. The van der Waals surface area contributed by atoms with Crippen molar-refractivity contribution in [2.45, 2.75) is 28.7 Å². The fourth-order valence-corrected chi connectivity index (χ4v) is 1.72. The molecule has 0 radical (unpaired) electrons. The zero-order valence-electron chi connectivity index (χ0n) is 13.2. The predicted octanol–water partition coefficient (Wildman–Crippen LogP) is 1.58. The molecule has 0 aromatic heterocycles. The molecule has 0 aromatic rings. The monoisotopic (exact) mass is 326 g/mol. The van der Waals surface area contributed by atoms with Crippen LogP contribution in [0.1, 0.15) is 28.7 Å². The highest BCUT2D eigenvalue weighted by Gasteiger charge is 2.25. The van der Waals surface area contributed by atoms with Crippen LogP contribution in [-0.2, 0) is 18.9 Å². The summed E-state index contributed by atoms with van der Waals surface area (Å²) in [5.74, 6) is 0. The molecule has 0 bridgehead atoms. The van der Waals surface area contributed by atoms with E-state index in [-0.39, 0.29) is 38.9 Å². The Morgan fingerprint density at radius 2 is 1.00 bits per heavy atom. The minimum absolute atomic E-state index is 0. The fraction of sp³-hybridized carbons (Fsp3) is 1.00. The summed E-state index contributed by atoms with van der Waals surface area (Å²) in [6, 6.07) is 0. The summed E-state index contributed by atoms with van der Waals surface area (Å²) in [4.78, 5) is 0. The van der Waals surface area contributed by atoms with E-state index in [4.69, 9.17) is 18.9 Å². The summed E-state index contributed by atoms with van der Waals surface area (Å²) in [6.07, 6.45) is 0. The van der Waals surface area contributed by atoms with E-state index >= 15 is 0 Å². The second-order valence-corrected chi connectivity index (χ2v) is 5.91. The molecule has 2 N–H and O–H groups in total. The summed E-state index contributed by atoms with van der Waals surface area (Å²) in [7, 11) is 3.20. The van der Waals surface area contributed by atoms with Crippen LogP contribution in [0.3, 0.4) is 0 Å². The van der Waals surface area contributed by atoms with E-state index in [1.165, 1.54) is 0 Å². The Morgan fingerprint density at radius 1 is 0.682 bits per heavy atom. The van der Waals surface area contributed by atoms with Gasteiger partial charge in [0.05, 0.1) is 52.9 Å². The number of hydrogen-bond acceptors (Lipinski definition) is 6. The lowest BCUT2D eigenvalue weighted by Gasteiger charge is -2.27. The minimum Gasteiger partial charge on any atom is -0.396 e. The zero-order valence-corrected chi connectivity index (χ0v) is 13.2. The van der Waals surface area contributed by atoms with Crippen molar-refractivity contribution in [1.29, 1.82) is 0 Å². The normalized spacial score (nSPS) is 16.1. The molecule has 0 aliphatic rings. The number of rotatable bonds is 13. The first-order chi connectivity index (χ1) is 9.45. The Balaban J connectivity index is -0.00000180. The molecule has 0 amide bonds. The summed E-state index contributed by atoms with van der Waals surface area (Å²) in [5.41, 5.74) is -0.769. The van der Waals surface area contributed by atoms with Crippen LogP contribution in [0.2, 0.25) is 0 Å². The Bertz CT molecular complexity index is 215. The van der Waals surface area contributed by atoms with E-state index in [2.05, 4.69) is 0 Å². The van der Waals surface area contributed by atoms with Crippen LogP contribution < -0.4 is 0 Å². The molecule has 0 saturated heterocycles. The molecule has 0 aromatic carbocycles. The van der Waals surface area contributed by atoms with Crippen LogP contribution in [0.25, 0.3) is 0 Å². The second-order valence-electron chi connectivity index (χ2n) is 5.91. The summed E-state index contributed by atoms with van der Waals surface area (Å²) in [6.45, 7) is 6.42. The van der Waals surface area contributed by atoms with Crippen molar-refractivity contribution in [1.82, 2.24) is 0 Å². The van der Waals surface area contributed by atoms with E-state index in [0.717, 1.165) is 0 Å². The average Bonchev–Trinajstić information content (AvgIpc) is 2.43. The van der Waals surface area contributed by atoms with Crippen molar-refractivity contribution < 1.29 is 29.2 Å². The van der Waals surface area contributed by atoms with Gasteiger partial charge < -0.3 is 29.2 Å². The van der Waals surface area contributed by atoms with Gasteiger partial charge in [-0.2, -0.15) is 0 Å². The smallest absolute Gasteiger partial charge is 0.0700 e. The number of aliphatic hydroxyl groups excluding tert-OH is 2. The Labute approximate surface area is 136 Å². The maximum absolute atomic E-state index is 9.28. The highest BCUT2D eigenvalue weighted by atomic mass is 16.5. The minimum atomic E-state index is -0.385. The van der Waals surface area contributed by atoms with Gasteiger partial charge in [0.25, 0.3) is 0 Å². The van der Waals surface area contributed by atoms with E-state index in [9.17, 15) is 10.2 Å². The highest BCUT2D eigenvalue weighted by Crippen LogP contribution is 2.17. The van der Waals surface area contributed by atoms with Crippen LogP contribution in [-0.4, -0.2) is 77.3 Å². The van der Waals surface area contributed by atoms with Crippen molar-refractivity contribution in [2.75, 3.05) is 67.1 Å². The van der Waals surface area contributed by atoms with Gasteiger partial charge in [-0.3, -0.25) is 0 Å². The third kappa shape index (κ3) is 11.3. The van der Waals surface area contributed by atoms with Crippen molar-refractivity contribution in [3.63, 3.8) is 0 Å². The van der Waals surface area contributed by atoms with Crippen LogP contribution in [0.4, 0.5) is 0 Å². The maximum atomic E-state index is 9.28. The first-order valence-corrected chi connectivity index (χ1v) is 6.80. The van der Waals surface area contributed by atoms with Crippen molar-refractivity contribution in [3.8, 4) is 0 Å². The Kier molecular flexibility index (Phi) is 17.4. The lowest BCUT2D eigenvalue weighted by Crippen LogP contribution is -2.34. The van der Waals surface area contributed by atoms with E-state index < -0.39 is 0 Å². The molecule has 138 valence electrons. The molecule has 0 aliphatic heterocycles. The lowest BCUT2D eigenvalue weighted by molar-refractivity contribution is -0.0628. The Morgan fingerprint density at radius 3 is 1.23 bits per heavy atom. The molecule has 0 heterocycles. The number of methoxy groups -OCH3 is 2. The molecule has 2 unspecified atom stereocenters. The topological polar surface area (TPSA) is 77.4 Å². The zero-order chi connectivity index (χ0) is 15.5. The Hall–Kier alpha value is -0.240. The molecule has 0 spiro atoms. The van der Waals surface area contributed by atoms with E-state index in [0.29, 0.717) is 39.6 Å². The molecule has 2 atom stereocenters. The first-order valence-electron chi connectivity index (χ1n) is 6.80. The fourth-order valence-electron chi connectivity index (χ4n) is 1.72. The lowest BCUT2D eigenvalue weighted by atomic mass is 9.94. The van der Waals surface area contributed by atoms with Crippen molar-refractivity contribution >= 4 is 0 Å². The van der Waals surface area contributed by atoms with Crippen LogP contribution >= 0.6 is 0 Å². The molecule has 0 rings (SSSR count). The first kappa shape index (κ1) is 26.6. The van der Waals surface area contributed by atoms with E-state index in [1.54, 1.807) is 14.2 Å². The largest absolute Gasteiger partial charge is 0.396 e. The summed E-state index contributed by atoms with van der Waals surface area (Å²) >= 11 is 0.